The number of nitrogens with one attached hydrogen (secondary N) is 1. The number of benzene rings is 1. The summed E-state index contributed by atoms with van der Waals surface area (Å²) in [6, 6.07) is 6.97. The van der Waals surface area contributed by atoms with Gasteiger partial charge in [-0.1, -0.05) is 20.8 Å². The highest BCUT2D eigenvalue weighted by Crippen LogP contribution is 2.23. The van der Waals surface area contributed by atoms with Gasteiger partial charge in [-0.3, -0.25) is 0 Å². The third kappa shape index (κ3) is 3.96. The zero-order valence-corrected chi connectivity index (χ0v) is 13.5. The average Bonchev–Trinajstić information content (AvgIpc) is 2.45. The molecule has 1 rings (SSSR count). The predicted molar refractivity (Wildman–Crippen MR) is 84.8 cm³/mol. The summed E-state index contributed by atoms with van der Waals surface area (Å²) in [6.45, 7) is 6.62. The molecule has 3 N–H and O–H groups in total. The van der Waals surface area contributed by atoms with Gasteiger partial charge in [-0.15, -0.1) is 0 Å². The van der Waals surface area contributed by atoms with E-state index in [4.69, 9.17) is 5.73 Å². The molecule has 0 aliphatic heterocycles. The van der Waals surface area contributed by atoms with Gasteiger partial charge in [-0.05, 0) is 43.5 Å². The molecule has 0 saturated heterocycles. The summed E-state index contributed by atoms with van der Waals surface area (Å²) >= 11 is 0. The van der Waals surface area contributed by atoms with E-state index >= 15 is 0 Å². The molecule has 0 atom stereocenters. The Morgan fingerprint density at radius 1 is 1.10 bits per heavy atom. The Morgan fingerprint density at radius 2 is 1.65 bits per heavy atom. The van der Waals surface area contributed by atoms with E-state index in [9.17, 15) is 8.42 Å². The van der Waals surface area contributed by atoms with Crippen LogP contribution in [-0.2, 0) is 9.84 Å². The van der Waals surface area contributed by atoms with Gasteiger partial charge in [-0.2, -0.15) is 0 Å². The van der Waals surface area contributed by atoms with Crippen molar-refractivity contribution < 1.29 is 8.42 Å². The van der Waals surface area contributed by atoms with Crippen molar-refractivity contribution in [1.29, 1.82) is 0 Å². The molecule has 4 nitrogen and oxygen atoms in total. The van der Waals surface area contributed by atoms with Crippen LogP contribution in [0.2, 0.25) is 0 Å². The highest BCUT2D eigenvalue weighted by Gasteiger charge is 2.23. The van der Waals surface area contributed by atoms with Crippen LogP contribution >= 0.6 is 0 Å². The number of rotatable bonds is 8. The van der Waals surface area contributed by atoms with E-state index in [1.54, 1.807) is 12.1 Å². The van der Waals surface area contributed by atoms with Gasteiger partial charge in [-0.25, -0.2) is 8.42 Å². The van der Waals surface area contributed by atoms with Crippen molar-refractivity contribution in [2.24, 2.45) is 5.73 Å². The molecule has 114 valence electrons. The Balaban J connectivity index is 2.92. The molecule has 0 unspecified atom stereocenters. The van der Waals surface area contributed by atoms with Crippen LogP contribution in [0.5, 0.6) is 0 Å². The van der Waals surface area contributed by atoms with E-state index in [2.05, 4.69) is 19.2 Å². The second kappa shape index (κ2) is 7.09. The molecule has 0 amide bonds. The van der Waals surface area contributed by atoms with Crippen molar-refractivity contribution in [2.45, 2.75) is 50.5 Å². The van der Waals surface area contributed by atoms with Crippen LogP contribution in [-0.4, -0.2) is 26.3 Å². The van der Waals surface area contributed by atoms with E-state index in [0.717, 1.165) is 18.5 Å². The van der Waals surface area contributed by atoms with E-state index in [1.165, 1.54) is 0 Å². The van der Waals surface area contributed by atoms with Crippen LogP contribution in [0.25, 0.3) is 0 Å². The zero-order chi connectivity index (χ0) is 15.2. The quantitative estimate of drug-likeness (QED) is 0.774. The smallest absolute Gasteiger partial charge is 0.178 e. The van der Waals surface area contributed by atoms with E-state index in [-0.39, 0.29) is 11.3 Å². The summed E-state index contributed by atoms with van der Waals surface area (Å²) in [6.07, 6.45) is 2.48. The minimum absolute atomic E-state index is 0.121. The molecule has 0 aromatic heterocycles. The number of anilines is 1. The van der Waals surface area contributed by atoms with Gasteiger partial charge in [0.25, 0.3) is 0 Å². The van der Waals surface area contributed by atoms with E-state index in [0.29, 0.717) is 17.9 Å². The van der Waals surface area contributed by atoms with Crippen molar-refractivity contribution in [3.8, 4) is 0 Å². The lowest BCUT2D eigenvalue weighted by atomic mass is 9.92. The Hall–Kier alpha value is -1.07. The van der Waals surface area contributed by atoms with Crippen molar-refractivity contribution in [2.75, 3.05) is 17.6 Å². The fourth-order valence-electron chi connectivity index (χ4n) is 2.20. The molecular weight excluding hydrogens is 272 g/mol. The van der Waals surface area contributed by atoms with Gasteiger partial charge in [0, 0.05) is 17.8 Å². The van der Waals surface area contributed by atoms with Gasteiger partial charge in [0.2, 0.25) is 0 Å². The minimum atomic E-state index is -3.14. The lowest BCUT2D eigenvalue weighted by molar-refractivity contribution is 0.445. The maximum absolute atomic E-state index is 12.0. The second-order valence-electron chi connectivity index (χ2n) is 5.16. The Labute approximate surface area is 122 Å². The summed E-state index contributed by atoms with van der Waals surface area (Å²) in [5.74, 6) is 0.191. The molecule has 20 heavy (non-hydrogen) atoms. The first-order valence-corrected chi connectivity index (χ1v) is 8.89. The van der Waals surface area contributed by atoms with Crippen molar-refractivity contribution in [3.05, 3.63) is 24.3 Å². The lowest BCUT2D eigenvalue weighted by Gasteiger charge is -2.32. The summed E-state index contributed by atoms with van der Waals surface area (Å²) in [7, 11) is -3.14. The standard InChI is InChI=1S/C15H26N2O2S/c1-4-11-20(18,19)14-9-7-13(8-10-14)17-15(5-2,6-3)12-16/h7-10,17H,4-6,11-12,16H2,1-3H3. The van der Waals surface area contributed by atoms with Crippen molar-refractivity contribution in [3.63, 3.8) is 0 Å². The van der Waals surface area contributed by atoms with Crippen molar-refractivity contribution in [1.82, 2.24) is 0 Å². The fraction of sp³-hybridized carbons (Fsp3) is 0.600. The first kappa shape index (κ1) is 17.0. The first-order valence-electron chi connectivity index (χ1n) is 7.24. The fourth-order valence-corrected chi connectivity index (χ4v) is 3.53. The monoisotopic (exact) mass is 298 g/mol. The maximum Gasteiger partial charge on any atom is 0.178 e. The Kier molecular flexibility index (Phi) is 6.02. The molecule has 5 heteroatoms. The number of nitrogens with two attached hydrogens (primary N) is 1. The molecule has 0 radical (unpaired) electrons. The molecule has 0 heterocycles. The zero-order valence-electron chi connectivity index (χ0n) is 12.6. The van der Waals surface area contributed by atoms with E-state index < -0.39 is 9.84 Å². The first-order chi connectivity index (χ1) is 9.43. The van der Waals surface area contributed by atoms with E-state index in [1.807, 2.05) is 19.1 Å². The van der Waals surface area contributed by atoms with Crippen LogP contribution in [0.15, 0.2) is 29.2 Å². The number of hydrogen-bond acceptors (Lipinski definition) is 4. The SMILES string of the molecule is CCCS(=O)(=O)c1ccc(NC(CC)(CC)CN)cc1. The molecule has 0 bridgehead atoms. The summed E-state index contributed by atoms with van der Waals surface area (Å²) in [5, 5.41) is 3.43. The maximum atomic E-state index is 12.0. The van der Waals surface area contributed by atoms with Crippen LogP contribution in [0.4, 0.5) is 5.69 Å². The second-order valence-corrected chi connectivity index (χ2v) is 7.27. The normalized spacial score (nSPS) is 12.4. The Bertz CT molecular complexity index is 497. The number of sulfone groups is 1. The molecule has 0 fully saturated rings. The van der Waals surface area contributed by atoms with Gasteiger partial charge in [0.15, 0.2) is 9.84 Å². The van der Waals surface area contributed by atoms with Crippen LogP contribution in [0.3, 0.4) is 0 Å². The molecule has 0 aliphatic rings. The largest absolute Gasteiger partial charge is 0.378 e. The summed E-state index contributed by atoms with van der Waals surface area (Å²) in [4.78, 5) is 0.385. The van der Waals surface area contributed by atoms with Gasteiger partial charge in [0.05, 0.1) is 10.6 Å². The highest BCUT2D eigenvalue weighted by atomic mass is 32.2. The van der Waals surface area contributed by atoms with Crippen LogP contribution in [0, 0.1) is 0 Å². The third-order valence-corrected chi connectivity index (χ3v) is 5.78. The predicted octanol–water partition coefficient (Wildman–Crippen LogP) is 2.80. The summed E-state index contributed by atoms with van der Waals surface area (Å²) < 4.78 is 23.9. The van der Waals surface area contributed by atoms with Gasteiger partial charge < -0.3 is 11.1 Å². The summed E-state index contributed by atoms with van der Waals surface area (Å²) in [5.41, 5.74) is 6.65. The Morgan fingerprint density at radius 3 is 2.05 bits per heavy atom. The number of hydrogen-bond donors (Lipinski definition) is 2. The topological polar surface area (TPSA) is 72.2 Å². The van der Waals surface area contributed by atoms with Crippen LogP contribution in [0.1, 0.15) is 40.0 Å². The average molecular weight is 298 g/mol. The molecular formula is C15H26N2O2S. The molecule has 0 saturated carbocycles. The van der Waals surface area contributed by atoms with Crippen molar-refractivity contribution >= 4 is 15.5 Å². The molecule has 0 spiro atoms. The van der Waals surface area contributed by atoms with Gasteiger partial charge >= 0.3 is 0 Å². The van der Waals surface area contributed by atoms with Crippen LogP contribution < -0.4 is 11.1 Å². The highest BCUT2D eigenvalue weighted by molar-refractivity contribution is 7.91. The third-order valence-electron chi connectivity index (χ3n) is 3.84. The minimum Gasteiger partial charge on any atom is -0.378 e. The molecule has 0 aliphatic carbocycles. The lowest BCUT2D eigenvalue weighted by Crippen LogP contribution is -2.44. The molecule has 1 aromatic rings. The molecule has 1 aromatic carbocycles. The van der Waals surface area contributed by atoms with Gasteiger partial charge in [0.1, 0.15) is 0 Å².